The van der Waals surface area contributed by atoms with Gasteiger partial charge in [-0.1, -0.05) is 27.2 Å². The van der Waals surface area contributed by atoms with Gasteiger partial charge in [0.15, 0.2) is 0 Å². The summed E-state index contributed by atoms with van der Waals surface area (Å²) in [7, 11) is 0. The Balaban J connectivity index is 3.87. The Kier molecular flexibility index (Phi) is 6.90. The van der Waals surface area contributed by atoms with Crippen molar-refractivity contribution in [2.75, 3.05) is 13.1 Å². The average molecular weight is 191 g/mol. The molecule has 0 bridgehead atoms. The van der Waals surface area contributed by atoms with Crippen LogP contribution in [0.1, 0.15) is 33.6 Å². The van der Waals surface area contributed by atoms with Crippen molar-refractivity contribution in [3.8, 4) is 0 Å². The summed E-state index contributed by atoms with van der Waals surface area (Å²) in [6, 6.07) is 0. The highest BCUT2D eigenvalue weighted by Gasteiger charge is 2.18. The third-order valence-electron chi connectivity index (χ3n) is 2.12. The molecule has 2 unspecified atom stereocenters. The fraction of sp³-hybridized carbons (Fsp3) is 1.00. The van der Waals surface area contributed by atoms with Gasteiger partial charge in [0, 0.05) is 0 Å². The van der Waals surface area contributed by atoms with E-state index in [1.54, 1.807) is 0 Å². The maximum absolute atomic E-state index is 9.63. The Bertz CT molecular complexity index is 107. The highest BCUT2D eigenvalue weighted by atomic mass is 32.1. The smallest absolute Gasteiger partial charge is 0.0790 e. The van der Waals surface area contributed by atoms with Gasteiger partial charge < -0.3 is 5.11 Å². The molecule has 0 aliphatic heterocycles. The highest BCUT2D eigenvalue weighted by molar-refractivity contribution is 7.80. The van der Waals surface area contributed by atoms with Crippen LogP contribution in [-0.2, 0) is 0 Å². The summed E-state index contributed by atoms with van der Waals surface area (Å²) >= 11 is 4.39. The summed E-state index contributed by atoms with van der Waals surface area (Å²) in [4.78, 5) is 2.16. The second-order valence-electron chi connectivity index (χ2n) is 2.99. The highest BCUT2D eigenvalue weighted by Crippen LogP contribution is 2.12. The van der Waals surface area contributed by atoms with Crippen molar-refractivity contribution in [2.24, 2.45) is 0 Å². The van der Waals surface area contributed by atoms with Crippen LogP contribution < -0.4 is 0 Å². The molecule has 12 heavy (non-hydrogen) atoms. The topological polar surface area (TPSA) is 23.5 Å². The molecule has 2 atom stereocenters. The monoisotopic (exact) mass is 191 g/mol. The lowest BCUT2D eigenvalue weighted by Gasteiger charge is -2.29. The molecule has 0 rings (SSSR count). The lowest BCUT2D eigenvalue weighted by molar-refractivity contribution is 0.0933. The summed E-state index contributed by atoms with van der Waals surface area (Å²) in [5.74, 6) is 0. The molecule has 0 heterocycles. The second-order valence-corrected chi connectivity index (χ2v) is 3.52. The maximum atomic E-state index is 9.63. The number of rotatable bonds is 6. The number of hydrogen-bond donors (Lipinski definition) is 2. The van der Waals surface area contributed by atoms with Crippen molar-refractivity contribution in [1.82, 2.24) is 4.90 Å². The minimum Gasteiger partial charge on any atom is -0.391 e. The molecular formula is C9H21NOS. The third-order valence-corrected chi connectivity index (χ3v) is 2.79. The Hall–Kier alpha value is 0.270. The lowest BCUT2D eigenvalue weighted by Crippen LogP contribution is -2.39. The number of aliphatic hydroxyl groups excluding tert-OH is 1. The molecule has 0 spiro atoms. The van der Waals surface area contributed by atoms with Crippen LogP contribution in [0.5, 0.6) is 0 Å². The number of hydrogen-bond acceptors (Lipinski definition) is 3. The van der Waals surface area contributed by atoms with E-state index in [2.05, 4.69) is 38.3 Å². The number of thiol groups is 1. The first-order valence-corrected chi connectivity index (χ1v) is 5.29. The fourth-order valence-corrected chi connectivity index (χ4v) is 1.76. The van der Waals surface area contributed by atoms with Crippen molar-refractivity contribution < 1.29 is 5.11 Å². The summed E-state index contributed by atoms with van der Waals surface area (Å²) < 4.78 is 0. The molecule has 0 radical (unpaired) electrons. The molecule has 0 aromatic rings. The van der Waals surface area contributed by atoms with E-state index in [1.165, 1.54) is 0 Å². The van der Waals surface area contributed by atoms with Crippen LogP contribution in [0.15, 0.2) is 0 Å². The van der Waals surface area contributed by atoms with Gasteiger partial charge in [0.05, 0.1) is 11.5 Å². The molecule has 0 amide bonds. The molecule has 0 saturated carbocycles. The van der Waals surface area contributed by atoms with Crippen LogP contribution in [0.3, 0.4) is 0 Å². The van der Waals surface area contributed by atoms with E-state index in [4.69, 9.17) is 0 Å². The molecule has 1 N–H and O–H groups in total. The van der Waals surface area contributed by atoms with E-state index in [-0.39, 0.29) is 11.5 Å². The van der Waals surface area contributed by atoms with Crippen molar-refractivity contribution in [1.29, 1.82) is 0 Å². The minimum atomic E-state index is -0.293. The summed E-state index contributed by atoms with van der Waals surface area (Å²) in [5.41, 5.74) is 0. The van der Waals surface area contributed by atoms with Gasteiger partial charge in [0.1, 0.15) is 0 Å². The molecule has 2 nitrogen and oxygen atoms in total. The Labute approximate surface area is 81.4 Å². The average Bonchev–Trinajstić information content (AvgIpc) is 2.07. The first-order valence-electron chi connectivity index (χ1n) is 4.77. The zero-order valence-corrected chi connectivity index (χ0v) is 9.22. The van der Waals surface area contributed by atoms with Crippen LogP contribution in [-0.4, -0.2) is 34.6 Å². The number of likely N-dealkylation sites (N-methyl/N-ethyl adjacent to an activating group) is 1. The van der Waals surface area contributed by atoms with Crippen molar-refractivity contribution in [3.63, 3.8) is 0 Å². The van der Waals surface area contributed by atoms with Gasteiger partial charge in [-0.25, -0.2) is 0 Å². The van der Waals surface area contributed by atoms with E-state index in [1.807, 2.05) is 0 Å². The quantitative estimate of drug-likeness (QED) is 0.493. The van der Waals surface area contributed by atoms with Crippen LogP contribution >= 0.6 is 12.6 Å². The largest absolute Gasteiger partial charge is 0.391 e. The van der Waals surface area contributed by atoms with E-state index in [0.29, 0.717) is 0 Å². The SMILES string of the molecule is CCCC(O)C(S)N(CC)CC. The molecule has 0 saturated heterocycles. The van der Waals surface area contributed by atoms with Gasteiger partial charge in [-0.3, -0.25) is 4.90 Å². The second kappa shape index (κ2) is 6.75. The zero-order valence-electron chi connectivity index (χ0n) is 8.32. The summed E-state index contributed by atoms with van der Waals surface area (Å²) in [5, 5.41) is 9.63. The van der Waals surface area contributed by atoms with Gasteiger partial charge in [-0.2, -0.15) is 12.6 Å². The zero-order chi connectivity index (χ0) is 9.56. The molecule has 0 aromatic carbocycles. The van der Waals surface area contributed by atoms with E-state index in [9.17, 15) is 5.11 Å². The van der Waals surface area contributed by atoms with Gasteiger partial charge >= 0.3 is 0 Å². The van der Waals surface area contributed by atoms with Crippen LogP contribution in [0.2, 0.25) is 0 Å². The van der Waals surface area contributed by atoms with Crippen LogP contribution in [0.4, 0.5) is 0 Å². The van der Waals surface area contributed by atoms with Gasteiger partial charge in [-0.15, -0.1) is 0 Å². The number of nitrogens with zero attached hydrogens (tertiary/aromatic N) is 1. The number of aliphatic hydroxyl groups is 1. The molecular weight excluding hydrogens is 170 g/mol. The molecule has 0 fully saturated rings. The fourth-order valence-electron chi connectivity index (χ4n) is 1.29. The van der Waals surface area contributed by atoms with E-state index in [0.717, 1.165) is 25.9 Å². The molecule has 74 valence electrons. The van der Waals surface area contributed by atoms with Crippen molar-refractivity contribution in [3.05, 3.63) is 0 Å². The van der Waals surface area contributed by atoms with Crippen molar-refractivity contribution >= 4 is 12.6 Å². The summed E-state index contributed by atoms with van der Waals surface area (Å²) in [6.07, 6.45) is 1.56. The first-order chi connectivity index (χ1) is 5.67. The molecule has 3 heteroatoms. The Morgan fingerprint density at radius 3 is 2.08 bits per heavy atom. The van der Waals surface area contributed by atoms with Gasteiger partial charge in [0.25, 0.3) is 0 Å². The normalized spacial score (nSPS) is 16.5. The Morgan fingerprint density at radius 2 is 1.75 bits per heavy atom. The maximum Gasteiger partial charge on any atom is 0.0790 e. The third kappa shape index (κ3) is 3.78. The van der Waals surface area contributed by atoms with Crippen LogP contribution in [0.25, 0.3) is 0 Å². The van der Waals surface area contributed by atoms with Gasteiger partial charge in [0.2, 0.25) is 0 Å². The minimum absolute atomic E-state index is 0.0000463. The van der Waals surface area contributed by atoms with Crippen molar-refractivity contribution in [2.45, 2.75) is 45.1 Å². The van der Waals surface area contributed by atoms with E-state index >= 15 is 0 Å². The summed E-state index contributed by atoms with van der Waals surface area (Å²) in [6.45, 7) is 8.15. The standard InChI is InChI=1S/C9H21NOS/c1-4-7-8(11)9(12)10(5-2)6-3/h8-9,11-12H,4-7H2,1-3H3. The lowest BCUT2D eigenvalue weighted by atomic mass is 10.2. The predicted octanol–water partition coefficient (Wildman–Crippen LogP) is 1.75. The molecule has 0 aliphatic rings. The molecule has 0 aliphatic carbocycles. The van der Waals surface area contributed by atoms with E-state index < -0.39 is 0 Å². The Morgan fingerprint density at radius 1 is 1.25 bits per heavy atom. The predicted molar refractivity (Wildman–Crippen MR) is 56.6 cm³/mol. The van der Waals surface area contributed by atoms with Gasteiger partial charge in [-0.05, 0) is 19.5 Å². The first kappa shape index (κ1) is 12.3. The van der Waals surface area contributed by atoms with Crippen LogP contribution in [0, 0.1) is 0 Å². The molecule has 0 aromatic heterocycles.